The van der Waals surface area contributed by atoms with Crippen LogP contribution >= 0.6 is 22.6 Å². The van der Waals surface area contributed by atoms with Crippen LogP contribution in [0.4, 0.5) is 17.1 Å². The average molecular weight is 958 g/mol. The van der Waals surface area contributed by atoms with E-state index in [1.54, 1.807) is 36.7 Å². The largest absolute Gasteiger partial charge is 0.374 e. The van der Waals surface area contributed by atoms with Gasteiger partial charge in [0.05, 0.1) is 11.4 Å². The van der Waals surface area contributed by atoms with E-state index < -0.39 is 0 Å². The molecule has 4 amide bonds. The number of nitrogens with zero attached hydrogens (tertiary/aromatic N) is 3. The molecule has 0 saturated heterocycles. The molecule has 2 saturated carbocycles. The van der Waals surface area contributed by atoms with Crippen molar-refractivity contribution in [2.24, 2.45) is 11.8 Å². The predicted octanol–water partition coefficient (Wildman–Crippen LogP) is 10.7. The summed E-state index contributed by atoms with van der Waals surface area (Å²) in [5.41, 5.74) is 3.55. The molecule has 326 valence electrons. The van der Waals surface area contributed by atoms with E-state index >= 15 is 0 Å². The molecule has 11 nitrogen and oxygen atoms in total. The van der Waals surface area contributed by atoms with Crippen molar-refractivity contribution < 1.29 is 19.2 Å². The quantitative estimate of drug-likeness (QED) is 0.0894. The number of pyridine rings is 2. The highest BCUT2D eigenvalue weighted by Crippen LogP contribution is 2.31. The molecule has 0 bridgehead atoms. The van der Waals surface area contributed by atoms with Crippen LogP contribution in [0.25, 0.3) is 21.5 Å². The zero-order chi connectivity index (χ0) is 44.1. The lowest BCUT2D eigenvalue weighted by Crippen LogP contribution is -2.31. The van der Waals surface area contributed by atoms with Crippen LogP contribution in [0.15, 0.2) is 109 Å². The Hall–Kier alpha value is -5.89. The second-order valence-corrected chi connectivity index (χ2v) is 17.6. The topological polar surface area (TPSA) is 145 Å². The molecule has 4 N–H and O–H groups in total. The Kier molecular flexibility index (Phi) is 15.7. The summed E-state index contributed by atoms with van der Waals surface area (Å²) in [4.78, 5) is 62.6. The smallest absolute Gasteiger partial charge is 0.272 e. The molecule has 2 fully saturated rings. The molecule has 0 radical (unpaired) electrons. The maximum Gasteiger partial charge on any atom is 0.272 e. The summed E-state index contributed by atoms with van der Waals surface area (Å²) in [6.45, 7) is 4.27. The van der Waals surface area contributed by atoms with Gasteiger partial charge >= 0.3 is 0 Å². The lowest BCUT2D eigenvalue weighted by atomic mass is 9.89. The molecular weight excluding hydrogens is 902 g/mol. The van der Waals surface area contributed by atoms with Gasteiger partial charge in [0.1, 0.15) is 0 Å². The fraction of sp³-hybridized carbons (Fsp3) is 0.333. The van der Waals surface area contributed by atoms with Crippen molar-refractivity contribution in [1.29, 1.82) is 0 Å². The molecule has 2 aliphatic rings. The van der Waals surface area contributed by atoms with Crippen LogP contribution in [-0.2, 0) is 0 Å². The molecule has 0 aliphatic heterocycles. The maximum absolute atomic E-state index is 13.3. The van der Waals surface area contributed by atoms with Gasteiger partial charge in [-0.2, -0.15) is 0 Å². The van der Waals surface area contributed by atoms with E-state index in [1.165, 1.54) is 38.5 Å². The Bertz CT molecular complexity index is 2570. The minimum Gasteiger partial charge on any atom is -0.374 e. The lowest BCUT2D eigenvalue weighted by molar-refractivity contribution is 0.0930. The van der Waals surface area contributed by atoms with Crippen LogP contribution in [0.1, 0.15) is 113 Å². The number of hydrogen-bond acceptors (Lipinski definition) is 7. The number of carbonyl (C=O) groups is 4. The van der Waals surface area contributed by atoms with Crippen LogP contribution in [0.5, 0.6) is 0 Å². The summed E-state index contributed by atoms with van der Waals surface area (Å²) >= 11 is 2.27. The Morgan fingerprint density at radius 2 is 1.00 bits per heavy atom. The molecule has 12 heteroatoms. The van der Waals surface area contributed by atoms with Crippen molar-refractivity contribution in [3.63, 3.8) is 0 Å². The number of nitrogens with one attached hydrogen (secondary N) is 4. The van der Waals surface area contributed by atoms with Crippen LogP contribution in [0.2, 0.25) is 0 Å². The molecule has 2 aliphatic carbocycles. The van der Waals surface area contributed by atoms with E-state index in [0.717, 1.165) is 63.0 Å². The molecule has 4 aromatic carbocycles. The van der Waals surface area contributed by atoms with Crippen LogP contribution in [-0.4, -0.2) is 60.3 Å². The highest BCUT2D eigenvalue weighted by Gasteiger charge is 2.22. The average Bonchev–Trinajstić information content (AvgIpc) is 3.33. The zero-order valence-electron chi connectivity index (χ0n) is 36.1. The van der Waals surface area contributed by atoms with Gasteiger partial charge in [-0.25, -0.2) is 9.97 Å². The summed E-state index contributed by atoms with van der Waals surface area (Å²) in [6.07, 6.45) is 15.3. The molecule has 8 rings (SSSR count). The molecular formula is C51H56IN7O4. The molecule has 63 heavy (non-hydrogen) atoms. The second kappa shape index (κ2) is 22.0. The van der Waals surface area contributed by atoms with Crippen LogP contribution in [0, 0.1) is 15.4 Å². The third-order valence-electron chi connectivity index (χ3n) is 12.2. The number of carbonyl (C=O) groups excluding carboxylic acids is 4. The van der Waals surface area contributed by atoms with E-state index in [4.69, 9.17) is 0 Å². The first kappa shape index (κ1) is 45.1. The third kappa shape index (κ3) is 11.4. The van der Waals surface area contributed by atoms with Gasteiger partial charge < -0.3 is 26.2 Å². The third-order valence-corrected chi connectivity index (χ3v) is 13.2. The van der Waals surface area contributed by atoms with Gasteiger partial charge in [-0.3, -0.25) is 19.2 Å². The predicted molar refractivity (Wildman–Crippen MR) is 262 cm³/mol. The van der Waals surface area contributed by atoms with E-state index in [0.29, 0.717) is 47.4 Å². The van der Waals surface area contributed by atoms with Crippen molar-refractivity contribution >= 4 is 84.8 Å². The van der Waals surface area contributed by atoms with Crippen molar-refractivity contribution in [3.8, 4) is 0 Å². The number of benzene rings is 4. The molecule has 2 aromatic heterocycles. The van der Waals surface area contributed by atoms with Crippen LogP contribution < -0.4 is 26.2 Å². The minimum atomic E-state index is -0.258. The number of rotatable bonds is 12. The number of aromatic nitrogens is 2. The van der Waals surface area contributed by atoms with E-state index in [-0.39, 0.29) is 35.0 Å². The highest BCUT2D eigenvalue weighted by atomic mass is 127. The Morgan fingerprint density at radius 3 is 1.49 bits per heavy atom. The lowest BCUT2D eigenvalue weighted by Gasteiger charge is -2.22. The van der Waals surface area contributed by atoms with Gasteiger partial charge in [0.2, 0.25) is 0 Å². The Morgan fingerprint density at radius 1 is 0.556 bits per heavy atom. The van der Waals surface area contributed by atoms with Gasteiger partial charge in [-0.15, -0.1) is 0 Å². The molecule has 2 heterocycles. The summed E-state index contributed by atoms with van der Waals surface area (Å²) in [5.74, 6) is 0.0477. The standard InChI is InChI=1S/C27H32N4O2.C24H24IN3O2/c1-3-31(2)24-16-15-22(20-12-7-8-13-21(20)24)26(32)30-23-14-9-17-28-25(23)27(33)29-18-19-10-5-4-6-11-19;25-20-13-12-19(17-9-4-5-10-18(17)20)23(29)28-21-11-6-14-26-22(21)24(30)27-15-16-7-2-1-3-8-16/h7-9,12-17,19H,3-6,10-11,18H2,1-2H3,(H,29,33)(H,30,32);4-6,9-14,16H,1-3,7-8,15H2,(H,27,30)(H,28,29). The number of hydrogen-bond donors (Lipinski definition) is 4. The summed E-state index contributed by atoms with van der Waals surface area (Å²) in [7, 11) is 2.04. The van der Waals surface area contributed by atoms with Crippen molar-refractivity contribution in [3.05, 3.63) is 136 Å². The van der Waals surface area contributed by atoms with Crippen molar-refractivity contribution in [2.45, 2.75) is 71.1 Å². The second-order valence-electron chi connectivity index (χ2n) is 16.5. The van der Waals surface area contributed by atoms with Gasteiger partial charge in [-0.1, -0.05) is 87.1 Å². The van der Waals surface area contributed by atoms with Crippen molar-refractivity contribution in [2.75, 3.05) is 42.2 Å². The Labute approximate surface area is 383 Å². The fourth-order valence-electron chi connectivity index (χ4n) is 8.62. The monoisotopic (exact) mass is 957 g/mol. The Balaban J connectivity index is 0.000000190. The normalized spacial score (nSPS) is 14.3. The molecule has 0 spiro atoms. The van der Waals surface area contributed by atoms with Crippen molar-refractivity contribution in [1.82, 2.24) is 20.6 Å². The molecule has 6 aromatic rings. The first-order valence-electron chi connectivity index (χ1n) is 22.2. The molecule has 0 unspecified atom stereocenters. The maximum atomic E-state index is 13.3. The highest BCUT2D eigenvalue weighted by molar-refractivity contribution is 14.1. The molecule has 0 atom stereocenters. The van der Waals surface area contributed by atoms with Gasteiger partial charge in [0.25, 0.3) is 23.6 Å². The summed E-state index contributed by atoms with van der Waals surface area (Å²) in [5, 5.41) is 15.7. The number of halogens is 1. The van der Waals surface area contributed by atoms with E-state index in [1.807, 2.05) is 79.8 Å². The van der Waals surface area contributed by atoms with Gasteiger partial charge in [0, 0.05) is 64.8 Å². The number of fused-ring (bicyclic) bond motifs is 2. The number of anilines is 3. The summed E-state index contributed by atoms with van der Waals surface area (Å²) in [6, 6.07) is 30.2. The first-order chi connectivity index (χ1) is 30.7. The van der Waals surface area contributed by atoms with Crippen LogP contribution in [0.3, 0.4) is 0 Å². The van der Waals surface area contributed by atoms with Gasteiger partial charge in [-0.05, 0) is 132 Å². The summed E-state index contributed by atoms with van der Waals surface area (Å²) < 4.78 is 1.09. The number of amides is 4. The minimum absolute atomic E-state index is 0.244. The first-order valence-corrected chi connectivity index (χ1v) is 23.3. The van der Waals surface area contributed by atoms with E-state index in [9.17, 15) is 19.2 Å². The zero-order valence-corrected chi connectivity index (χ0v) is 38.2. The van der Waals surface area contributed by atoms with Gasteiger partial charge in [0.15, 0.2) is 11.4 Å². The van der Waals surface area contributed by atoms with E-state index in [2.05, 4.69) is 65.6 Å². The fourth-order valence-corrected chi connectivity index (χ4v) is 9.27. The SMILES string of the molecule is CCN(C)c1ccc(C(=O)Nc2cccnc2C(=O)NCC2CCCCC2)c2ccccc12.O=C(NCC1CCCCC1)c1ncccc1NC(=O)c1ccc(I)c2ccccc12.